The summed E-state index contributed by atoms with van der Waals surface area (Å²) >= 11 is 0. The molecule has 0 bridgehead atoms. The van der Waals surface area contributed by atoms with E-state index in [1.807, 2.05) is 18.2 Å². The Hall–Kier alpha value is -2.94. The van der Waals surface area contributed by atoms with Crippen molar-refractivity contribution in [3.8, 4) is 6.07 Å². The largest absolute Gasteiger partial charge is 0.324 e. The van der Waals surface area contributed by atoms with Gasteiger partial charge in [-0.1, -0.05) is 18.2 Å². The summed E-state index contributed by atoms with van der Waals surface area (Å²) in [5, 5.41) is 11.5. The van der Waals surface area contributed by atoms with E-state index in [0.717, 1.165) is 4.90 Å². The molecule has 6 heteroatoms. The Kier molecular flexibility index (Phi) is 3.94. The number of likely N-dealkylation sites (tertiary alicyclic amines) is 1. The number of nitrogens with one attached hydrogen (secondary N) is 1. The average molecular weight is 309 g/mol. The molecule has 0 radical (unpaired) electrons. The van der Waals surface area contributed by atoms with E-state index in [9.17, 15) is 14.4 Å². The molecule has 0 aromatic heterocycles. The van der Waals surface area contributed by atoms with Crippen molar-refractivity contribution < 1.29 is 14.4 Å². The third kappa shape index (κ3) is 2.86. The van der Waals surface area contributed by atoms with E-state index in [4.69, 9.17) is 5.26 Å². The van der Waals surface area contributed by atoms with Crippen LogP contribution in [-0.2, 0) is 14.4 Å². The van der Waals surface area contributed by atoms with Gasteiger partial charge in [-0.25, -0.2) is 0 Å². The van der Waals surface area contributed by atoms with Gasteiger partial charge in [0.15, 0.2) is 0 Å². The van der Waals surface area contributed by atoms with E-state index < -0.39 is 5.91 Å². The van der Waals surface area contributed by atoms with Gasteiger partial charge in [-0.3, -0.25) is 19.3 Å². The molecule has 0 saturated carbocycles. The standard InChI is InChI=1S/C17H15N3O3/c18-9-11-4-3-5-12(8-11)19-15(21)10-20-16(22)13-6-1-2-7-14(13)17(20)23/h1-5,8,13-14H,6-7,10H2,(H,19,21). The van der Waals surface area contributed by atoms with Gasteiger partial charge in [-0.2, -0.15) is 5.26 Å². The Morgan fingerprint density at radius 3 is 2.48 bits per heavy atom. The number of imide groups is 1. The van der Waals surface area contributed by atoms with Gasteiger partial charge in [-0.05, 0) is 31.0 Å². The Morgan fingerprint density at radius 1 is 1.22 bits per heavy atom. The number of fused-ring (bicyclic) bond motifs is 1. The van der Waals surface area contributed by atoms with Crippen LogP contribution in [-0.4, -0.2) is 29.2 Å². The predicted molar refractivity (Wildman–Crippen MR) is 81.9 cm³/mol. The van der Waals surface area contributed by atoms with Crippen molar-refractivity contribution in [2.45, 2.75) is 12.8 Å². The lowest BCUT2D eigenvalue weighted by Crippen LogP contribution is -2.38. The first-order chi connectivity index (χ1) is 11.1. The molecule has 1 fully saturated rings. The fourth-order valence-corrected chi connectivity index (χ4v) is 3.04. The molecule has 1 aromatic rings. The number of carbonyl (C=O) groups is 3. The van der Waals surface area contributed by atoms with Crippen molar-refractivity contribution in [2.24, 2.45) is 11.8 Å². The van der Waals surface area contributed by atoms with E-state index in [-0.39, 0.29) is 30.2 Å². The average Bonchev–Trinajstić information content (AvgIpc) is 2.80. The van der Waals surface area contributed by atoms with Crippen LogP contribution in [0.5, 0.6) is 0 Å². The van der Waals surface area contributed by atoms with Crippen molar-refractivity contribution in [3.05, 3.63) is 42.0 Å². The summed E-state index contributed by atoms with van der Waals surface area (Å²) in [6.45, 7) is -0.290. The van der Waals surface area contributed by atoms with Crippen LogP contribution in [0.25, 0.3) is 0 Å². The fourth-order valence-electron chi connectivity index (χ4n) is 3.04. The van der Waals surface area contributed by atoms with Gasteiger partial charge < -0.3 is 5.32 Å². The zero-order valence-electron chi connectivity index (χ0n) is 12.4. The first-order valence-electron chi connectivity index (χ1n) is 7.40. The number of carbonyl (C=O) groups excluding carboxylic acids is 3. The van der Waals surface area contributed by atoms with E-state index in [1.54, 1.807) is 18.2 Å². The third-order valence-electron chi connectivity index (χ3n) is 4.18. The maximum Gasteiger partial charge on any atom is 0.244 e. The number of benzene rings is 1. The Balaban J connectivity index is 1.67. The van der Waals surface area contributed by atoms with Crippen molar-refractivity contribution in [1.29, 1.82) is 5.26 Å². The minimum Gasteiger partial charge on any atom is -0.324 e. The molecule has 2 unspecified atom stereocenters. The number of amides is 3. The first-order valence-corrected chi connectivity index (χ1v) is 7.40. The van der Waals surface area contributed by atoms with Crippen LogP contribution in [0.4, 0.5) is 5.69 Å². The molecule has 3 amide bonds. The van der Waals surface area contributed by atoms with Crippen LogP contribution in [0.15, 0.2) is 36.4 Å². The lowest BCUT2D eigenvalue weighted by Gasteiger charge is -2.14. The molecule has 6 nitrogen and oxygen atoms in total. The second-order valence-corrected chi connectivity index (χ2v) is 5.66. The Morgan fingerprint density at radius 2 is 1.87 bits per heavy atom. The lowest BCUT2D eigenvalue weighted by atomic mass is 9.85. The fraction of sp³-hybridized carbons (Fsp3) is 0.294. The van der Waals surface area contributed by atoms with Crippen molar-refractivity contribution >= 4 is 23.4 Å². The van der Waals surface area contributed by atoms with Gasteiger partial charge in [-0.15, -0.1) is 0 Å². The second-order valence-electron chi connectivity index (χ2n) is 5.66. The Labute approximate surface area is 133 Å². The molecule has 0 spiro atoms. The molecule has 116 valence electrons. The van der Waals surface area contributed by atoms with E-state index in [2.05, 4.69) is 5.32 Å². The molecule has 1 aliphatic heterocycles. The van der Waals surface area contributed by atoms with Crippen LogP contribution in [0.2, 0.25) is 0 Å². The highest BCUT2D eigenvalue weighted by Crippen LogP contribution is 2.34. The molecular formula is C17H15N3O3. The number of allylic oxidation sites excluding steroid dienone is 2. The maximum absolute atomic E-state index is 12.3. The van der Waals surface area contributed by atoms with Gasteiger partial charge in [0.25, 0.3) is 0 Å². The van der Waals surface area contributed by atoms with Crippen LogP contribution in [0, 0.1) is 23.2 Å². The predicted octanol–water partition coefficient (Wildman–Crippen LogP) is 1.45. The highest BCUT2D eigenvalue weighted by Gasteiger charge is 2.47. The molecule has 1 aromatic carbocycles. The van der Waals surface area contributed by atoms with E-state index >= 15 is 0 Å². The van der Waals surface area contributed by atoms with Gasteiger partial charge in [0.2, 0.25) is 17.7 Å². The number of nitriles is 1. The summed E-state index contributed by atoms with van der Waals surface area (Å²) in [4.78, 5) is 37.7. The van der Waals surface area contributed by atoms with Crippen molar-refractivity contribution in [3.63, 3.8) is 0 Å². The third-order valence-corrected chi connectivity index (χ3v) is 4.18. The number of hydrogen-bond acceptors (Lipinski definition) is 4. The highest BCUT2D eigenvalue weighted by molar-refractivity contribution is 6.08. The molecule has 23 heavy (non-hydrogen) atoms. The van der Waals surface area contributed by atoms with E-state index in [0.29, 0.717) is 24.1 Å². The minimum atomic E-state index is -0.451. The molecule has 3 rings (SSSR count). The normalized spacial score (nSPS) is 22.7. The Bertz CT molecular complexity index is 722. The van der Waals surface area contributed by atoms with Gasteiger partial charge in [0, 0.05) is 5.69 Å². The van der Waals surface area contributed by atoms with Crippen LogP contribution < -0.4 is 5.32 Å². The number of rotatable bonds is 3. The molecule has 2 atom stereocenters. The summed E-state index contributed by atoms with van der Waals surface area (Å²) in [7, 11) is 0. The van der Waals surface area contributed by atoms with Crippen LogP contribution >= 0.6 is 0 Å². The summed E-state index contributed by atoms with van der Waals surface area (Å²) in [5.74, 6) is -1.66. The summed E-state index contributed by atoms with van der Waals surface area (Å²) in [6.07, 6.45) is 4.92. The SMILES string of the molecule is N#Cc1cccc(NC(=O)CN2C(=O)C3CC=CCC3C2=O)c1. The summed E-state index contributed by atoms with van der Waals surface area (Å²) in [5.41, 5.74) is 0.889. The number of nitrogens with zero attached hydrogens (tertiary/aromatic N) is 2. The molecule has 2 aliphatic rings. The zero-order chi connectivity index (χ0) is 16.4. The van der Waals surface area contributed by atoms with Crippen LogP contribution in [0.3, 0.4) is 0 Å². The maximum atomic E-state index is 12.3. The molecular weight excluding hydrogens is 294 g/mol. The zero-order valence-corrected chi connectivity index (χ0v) is 12.4. The summed E-state index contributed by atoms with van der Waals surface area (Å²) in [6, 6.07) is 8.45. The van der Waals surface area contributed by atoms with Gasteiger partial charge in [0.05, 0.1) is 23.5 Å². The molecule has 1 saturated heterocycles. The topological polar surface area (TPSA) is 90.3 Å². The first kappa shape index (κ1) is 15.0. The quantitative estimate of drug-likeness (QED) is 0.676. The number of hydrogen-bond donors (Lipinski definition) is 1. The minimum absolute atomic E-state index is 0.273. The summed E-state index contributed by atoms with van der Waals surface area (Å²) < 4.78 is 0. The smallest absolute Gasteiger partial charge is 0.244 e. The lowest BCUT2D eigenvalue weighted by molar-refractivity contribution is -0.142. The second kappa shape index (κ2) is 6.05. The monoisotopic (exact) mass is 309 g/mol. The molecule has 1 heterocycles. The highest BCUT2D eigenvalue weighted by atomic mass is 16.2. The molecule has 1 N–H and O–H groups in total. The van der Waals surface area contributed by atoms with Gasteiger partial charge in [0.1, 0.15) is 6.54 Å². The number of anilines is 1. The van der Waals surface area contributed by atoms with E-state index in [1.165, 1.54) is 6.07 Å². The van der Waals surface area contributed by atoms with Crippen molar-refractivity contribution in [1.82, 2.24) is 4.90 Å². The molecule has 1 aliphatic carbocycles. The van der Waals surface area contributed by atoms with Crippen molar-refractivity contribution in [2.75, 3.05) is 11.9 Å². The van der Waals surface area contributed by atoms with Crippen LogP contribution in [0.1, 0.15) is 18.4 Å². The van der Waals surface area contributed by atoms with Gasteiger partial charge >= 0.3 is 0 Å².